The molecule has 5 rings (SSSR count). The lowest BCUT2D eigenvalue weighted by molar-refractivity contribution is -0.123. The number of benzene rings is 3. The van der Waals surface area contributed by atoms with Crippen molar-refractivity contribution in [2.45, 2.75) is 13.1 Å². The molecule has 0 spiro atoms. The summed E-state index contributed by atoms with van der Waals surface area (Å²) in [6.45, 7) is 0.677. The van der Waals surface area contributed by atoms with Crippen LogP contribution in [0.25, 0.3) is 17.0 Å². The highest BCUT2D eigenvalue weighted by atomic mass is 35.5. The average molecular weight is 528 g/mol. The molecule has 1 fully saturated rings. The normalized spacial score (nSPS) is 15.1. The molecule has 0 atom stereocenters. The van der Waals surface area contributed by atoms with E-state index in [9.17, 15) is 9.59 Å². The Morgan fingerprint density at radius 1 is 0.824 bits per heavy atom. The molecule has 8 heteroatoms. The summed E-state index contributed by atoms with van der Waals surface area (Å²) in [5, 5.41) is 2.36. The molecule has 0 bridgehead atoms. The second-order valence-corrected chi connectivity index (χ2v) is 10.1. The van der Waals surface area contributed by atoms with Gasteiger partial charge >= 0.3 is 0 Å². The first kappa shape index (κ1) is 23.1. The van der Waals surface area contributed by atoms with Crippen molar-refractivity contribution in [1.29, 1.82) is 0 Å². The van der Waals surface area contributed by atoms with Crippen molar-refractivity contribution in [3.05, 3.63) is 110 Å². The van der Waals surface area contributed by atoms with E-state index in [1.54, 1.807) is 18.2 Å². The van der Waals surface area contributed by atoms with Gasteiger partial charge in [-0.05, 0) is 53.2 Å². The lowest BCUT2D eigenvalue weighted by Crippen LogP contribution is -2.27. The first-order valence-electron chi connectivity index (χ1n) is 10.4. The van der Waals surface area contributed by atoms with Crippen molar-refractivity contribution in [3.63, 3.8) is 0 Å². The van der Waals surface area contributed by atoms with Crippen LogP contribution in [0.1, 0.15) is 16.7 Å². The van der Waals surface area contributed by atoms with Crippen LogP contribution in [0.5, 0.6) is 0 Å². The van der Waals surface area contributed by atoms with Gasteiger partial charge in [0.15, 0.2) is 0 Å². The summed E-state index contributed by atoms with van der Waals surface area (Å²) < 4.78 is 2.07. The molecule has 1 aliphatic rings. The molecule has 4 nitrogen and oxygen atoms in total. The van der Waals surface area contributed by atoms with Gasteiger partial charge in [0.2, 0.25) is 0 Å². The molecule has 1 saturated heterocycles. The van der Waals surface area contributed by atoms with Gasteiger partial charge in [0.25, 0.3) is 11.1 Å². The highest BCUT2D eigenvalue weighted by molar-refractivity contribution is 8.18. The monoisotopic (exact) mass is 526 g/mol. The van der Waals surface area contributed by atoms with Gasteiger partial charge in [0.1, 0.15) is 0 Å². The van der Waals surface area contributed by atoms with Crippen LogP contribution in [0.15, 0.2) is 77.8 Å². The fourth-order valence-electron chi connectivity index (χ4n) is 3.93. The van der Waals surface area contributed by atoms with E-state index in [0.717, 1.165) is 39.4 Å². The van der Waals surface area contributed by atoms with E-state index in [-0.39, 0.29) is 17.7 Å². The summed E-state index contributed by atoms with van der Waals surface area (Å²) >= 11 is 19.6. The number of imide groups is 1. The molecule has 3 aromatic carbocycles. The second-order valence-electron chi connectivity index (χ2n) is 7.82. The number of fused-ring (bicyclic) bond motifs is 1. The SMILES string of the molecule is O=C1S/C(=C/c2cn(Cc3ccc(Cl)cc3Cl)c3ccccc23)C(=O)N1Cc1ccccc1Cl. The van der Waals surface area contributed by atoms with E-state index < -0.39 is 0 Å². The van der Waals surface area contributed by atoms with Crippen LogP contribution in [0, 0.1) is 0 Å². The molecular weight excluding hydrogens is 511 g/mol. The van der Waals surface area contributed by atoms with Crippen molar-refractivity contribution in [2.24, 2.45) is 0 Å². The number of aromatic nitrogens is 1. The Bertz CT molecular complexity index is 1480. The Morgan fingerprint density at radius 2 is 1.56 bits per heavy atom. The number of carbonyl (C=O) groups excluding carboxylic acids is 2. The van der Waals surface area contributed by atoms with Gasteiger partial charge < -0.3 is 4.57 Å². The molecule has 1 aliphatic heterocycles. The Hall–Kier alpha value is -2.70. The molecule has 34 heavy (non-hydrogen) atoms. The van der Waals surface area contributed by atoms with Crippen molar-refractivity contribution in [3.8, 4) is 0 Å². The van der Waals surface area contributed by atoms with E-state index in [1.165, 1.54) is 4.90 Å². The van der Waals surface area contributed by atoms with Crippen LogP contribution in [-0.4, -0.2) is 20.6 Å². The first-order valence-corrected chi connectivity index (χ1v) is 12.4. The molecule has 1 aromatic heterocycles. The van der Waals surface area contributed by atoms with Crippen LogP contribution in [0.4, 0.5) is 4.79 Å². The molecule has 0 radical (unpaired) electrons. The summed E-state index contributed by atoms with van der Waals surface area (Å²) in [6.07, 6.45) is 3.75. The van der Waals surface area contributed by atoms with E-state index in [0.29, 0.717) is 26.5 Å². The third kappa shape index (κ3) is 4.49. The van der Waals surface area contributed by atoms with E-state index in [2.05, 4.69) is 4.57 Å². The average Bonchev–Trinajstić information content (AvgIpc) is 3.29. The van der Waals surface area contributed by atoms with Gasteiger partial charge in [0.05, 0.1) is 11.4 Å². The lowest BCUT2D eigenvalue weighted by atomic mass is 10.1. The van der Waals surface area contributed by atoms with Gasteiger partial charge in [-0.15, -0.1) is 0 Å². The number of hydrogen-bond donors (Lipinski definition) is 0. The summed E-state index contributed by atoms with van der Waals surface area (Å²) in [5.41, 5.74) is 3.50. The number of para-hydroxylation sites is 1. The van der Waals surface area contributed by atoms with E-state index in [4.69, 9.17) is 34.8 Å². The number of nitrogens with zero attached hydrogens (tertiary/aromatic N) is 2. The minimum atomic E-state index is -0.326. The highest BCUT2D eigenvalue weighted by Gasteiger charge is 2.35. The second kappa shape index (κ2) is 9.51. The van der Waals surface area contributed by atoms with Crippen LogP contribution in [-0.2, 0) is 17.9 Å². The number of hydrogen-bond acceptors (Lipinski definition) is 3. The molecule has 0 saturated carbocycles. The minimum absolute atomic E-state index is 0.137. The molecule has 4 aromatic rings. The zero-order valence-corrected chi connectivity index (χ0v) is 20.8. The lowest BCUT2D eigenvalue weighted by Gasteiger charge is -2.13. The van der Waals surface area contributed by atoms with Crippen LogP contribution < -0.4 is 0 Å². The fraction of sp³-hybridized carbons (Fsp3) is 0.0769. The number of rotatable bonds is 5. The van der Waals surface area contributed by atoms with Gasteiger partial charge in [-0.1, -0.05) is 77.3 Å². The Morgan fingerprint density at radius 3 is 2.35 bits per heavy atom. The van der Waals surface area contributed by atoms with Crippen LogP contribution in [0.3, 0.4) is 0 Å². The maximum Gasteiger partial charge on any atom is 0.293 e. The fourth-order valence-corrected chi connectivity index (χ4v) is 5.42. The van der Waals surface area contributed by atoms with Gasteiger partial charge in [-0.3, -0.25) is 14.5 Å². The maximum absolute atomic E-state index is 13.1. The zero-order valence-electron chi connectivity index (χ0n) is 17.7. The van der Waals surface area contributed by atoms with Crippen molar-refractivity contribution < 1.29 is 9.59 Å². The van der Waals surface area contributed by atoms with Crippen molar-refractivity contribution in [1.82, 2.24) is 9.47 Å². The van der Waals surface area contributed by atoms with Gasteiger partial charge in [0, 0.05) is 44.3 Å². The van der Waals surface area contributed by atoms with Gasteiger partial charge in [-0.25, -0.2) is 0 Å². The minimum Gasteiger partial charge on any atom is -0.342 e. The van der Waals surface area contributed by atoms with Crippen molar-refractivity contribution in [2.75, 3.05) is 0 Å². The van der Waals surface area contributed by atoms with Gasteiger partial charge in [-0.2, -0.15) is 0 Å². The number of carbonyl (C=O) groups is 2. The summed E-state index contributed by atoms with van der Waals surface area (Å²) in [5.74, 6) is -0.326. The topological polar surface area (TPSA) is 42.3 Å². The zero-order chi connectivity index (χ0) is 23.8. The number of halogens is 3. The Balaban J connectivity index is 1.48. The Kier molecular flexibility index (Phi) is 6.45. The predicted molar refractivity (Wildman–Crippen MR) is 140 cm³/mol. The third-order valence-corrected chi connectivity index (χ3v) is 7.48. The van der Waals surface area contributed by atoms with Crippen molar-refractivity contribution >= 4 is 74.7 Å². The molecule has 0 N–H and O–H groups in total. The molecule has 170 valence electrons. The Labute approximate surface area is 215 Å². The van der Waals surface area contributed by atoms with E-state index in [1.807, 2.05) is 60.8 Å². The number of amides is 2. The summed E-state index contributed by atoms with van der Waals surface area (Å²) in [7, 11) is 0. The highest BCUT2D eigenvalue weighted by Crippen LogP contribution is 2.36. The van der Waals surface area contributed by atoms with E-state index >= 15 is 0 Å². The third-order valence-electron chi connectivity index (χ3n) is 5.62. The molecule has 2 heterocycles. The summed E-state index contributed by atoms with van der Waals surface area (Å²) in [4.78, 5) is 27.3. The predicted octanol–water partition coefficient (Wildman–Crippen LogP) is 7.89. The summed E-state index contributed by atoms with van der Waals surface area (Å²) in [6, 6.07) is 20.5. The quantitative estimate of drug-likeness (QED) is 0.248. The maximum atomic E-state index is 13.1. The molecule has 0 aliphatic carbocycles. The van der Waals surface area contributed by atoms with Crippen LogP contribution in [0.2, 0.25) is 15.1 Å². The number of thioether (sulfide) groups is 1. The standard InChI is InChI=1S/C26H17Cl3N2O2S/c27-19-10-9-17(22(29)12-19)13-30-14-18(20-6-2-4-8-23(20)30)11-24-25(32)31(26(33)34-24)15-16-5-1-3-7-21(16)28/h1-12,14H,13,15H2/b24-11+. The molecule has 2 amide bonds. The molecule has 0 unspecified atom stereocenters. The largest absolute Gasteiger partial charge is 0.342 e. The first-order chi connectivity index (χ1) is 16.4. The molecular formula is C26H17Cl3N2O2S. The van der Waals surface area contributed by atoms with Crippen LogP contribution >= 0.6 is 46.6 Å². The smallest absolute Gasteiger partial charge is 0.293 e.